The van der Waals surface area contributed by atoms with Crippen LogP contribution >= 0.6 is 11.3 Å². The van der Waals surface area contributed by atoms with Gasteiger partial charge in [0, 0.05) is 72.3 Å². The number of carbonyl (C=O) groups excluding carboxylic acids is 1. The average molecular weight is 628 g/mol. The van der Waals surface area contributed by atoms with Gasteiger partial charge in [0.25, 0.3) is 0 Å². The van der Waals surface area contributed by atoms with Gasteiger partial charge in [-0.3, -0.25) is 9.48 Å². The van der Waals surface area contributed by atoms with E-state index < -0.39 is 0 Å². The van der Waals surface area contributed by atoms with Gasteiger partial charge in [0.2, 0.25) is 5.91 Å². The molecule has 6 heterocycles. The molecule has 7 rings (SSSR count). The maximum Gasteiger partial charge on any atom is 0.245 e. The Balaban J connectivity index is 1.37. The summed E-state index contributed by atoms with van der Waals surface area (Å²) in [5.74, 6) is 0.960. The van der Waals surface area contributed by atoms with E-state index in [2.05, 4.69) is 28.4 Å². The minimum absolute atomic E-state index is 0.0418. The Morgan fingerprint density at radius 1 is 1.13 bits per heavy atom. The average Bonchev–Trinajstić information content (AvgIpc) is 3.85. The highest BCUT2D eigenvalue weighted by Crippen LogP contribution is 2.47. The van der Waals surface area contributed by atoms with Gasteiger partial charge in [-0.05, 0) is 48.9 Å². The number of nitrogens with zero attached hydrogens (tertiary/aromatic N) is 6. The molecule has 0 radical (unpaired) electrons. The number of anilines is 1. The van der Waals surface area contributed by atoms with Crippen molar-refractivity contribution in [2.75, 3.05) is 45.3 Å². The van der Waals surface area contributed by atoms with Gasteiger partial charge in [-0.2, -0.15) is 10.2 Å². The first-order valence-corrected chi connectivity index (χ1v) is 16.0. The first-order chi connectivity index (χ1) is 22.1. The highest BCUT2D eigenvalue weighted by atomic mass is 32.1. The van der Waals surface area contributed by atoms with E-state index in [1.165, 1.54) is 18.2 Å². The molecule has 5 aromatic rings. The Bertz CT molecular complexity index is 1870. The van der Waals surface area contributed by atoms with Crippen LogP contribution in [0.4, 0.5) is 10.2 Å². The van der Waals surface area contributed by atoms with Crippen LogP contribution in [-0.2, 0) is 16.1 Å². The number of hydrogen-bond acceptors (Lipinski definition) is 8. The van der Waals surface area contributed by atoms with Crippen molar-refractivity contribution < 1.29 is 18.7 Å². The smallest absolute Gasteiger partial charge is 0.245 e. The van der Waals surface area contributed by atoms with Crippen LogP contribution in [0.3, 0.4) is 0 Å². The fourth-order valence-corrected chi connectivity index (χ4v) is 7.19. The highest BCUT2D eigenvalue weighted by Gasteiger charge is 2.27. The molecule has 232 valence electrons. The summed E-state index contributed by atoms with van der Waals surface area (Å²) in [7, 11) is 1.61. The van der Waals surface area contributed by atoms with Crippen molar-refractivity contribution in [1.29, 1.82) is 0 Å². The van der Waals surface area contributed by atoms with Crippen molar-refractivity contribution in [3.63, 3.8) is 0 Å². The number of aryl methyl sites for hydroxylation is 1. The van der Waals surface area contributed by atoms with E-state index in [4.69, 9.17) is 19.6 Å². The Morgan fingerprint density at radius 2 is 2.00 bits per heavy atom. The van der Waals surface area contributed by atoms with E-state index >= 15 is 0 Å². The fourth-order valence-electron chi connectivity index (χ4n) is 6.24. The maximum absolute atomic E-state index is 14.6. The van der Waals surface area contributed by atoms with Gasteiger partial charge in [0.1, 0.15) is 24.0 Å². The Kier molecular flexibility index (Phi) is 8.07. The molecule has 0 aliphatic carbocycles. The Hall–Kier alpha value is -4.55. The number of ether oxygens (including phenoxy) is 2. The predicted molar refractivity (Wildman–Crippen MR) is 173 cm³/mol. The van der Waals surface area contributed by atoms with E-state index in [9.17, 15) is 9.18 Å². The lowest BCUT2D eigenvalue weighted by atomic mass is 9.96. The van der Waals surface area contributed by atoms with Crippen molar-refractivity contribution in [1.82, 2.24) is 29.4 Å². The molecule has 1 fully saturated rings. The summed E-state index contributed by atoms with van der Waals surface area (Å²) in [6, 6.07) is 6.86. The van der Waals surface area contributed by atoms with Crippen molar-refractivity contribution in [2.45, 2.75) is 31.8 Å². The molecule has 45 heavy (non-hydrogen) atoms. The van der Waals surface area contributed by atoms with Crippen molar-refractivity contribution in [3.8, 4) is 39.4 Å². The summed E-state index contributed by atoms with van der Waals surface area (Å²) in [6.45, 7) is 7.30. The summed E-state index contributed by atoms with van der Waals surface area (Å²) in [4.78, 5) is 19.3. The molecule has 0 saturated carbocycles. The predicted octanol–water partition coefficient (Wildman–Crippen LogP) is 6.02. The van der Waals surface area contributed by atoms with Crippen LogP contribution in [-0.4, -0.2) is 75.3 Å². The molecule has 1 aromatic carbocycles. The number of likely N-dealkylation sites (tertiary alicyclic amines) is 1. The number of carbonyl (C=O) groups is 1. The zero-order valence-corrected chi connectivity index (χ0v) is 25.9. The first-order valence-electron chi connectivity index (χ1n) is 15.1. The molecule has 2 aliphatic rings. The molecular weight excluding hydrogens is 593 g/mol. The zero-order valence-electron chi connectivity index (χ0n) is 25.0. The molecular formula is C33H34FN7O3S. The molecule has 2 aliphatic heterocycles. The van der Waals surface area contributed by atoms with Gasteiger partial charge >= 0.3 is 0 Å². The number of rotatable bonds is 9. The maximum atomic E-state index is 14.6. The Morgan fingerprint density at radius 3 is 2.82 bits per heavy atom. The van der Waals surface area contributed by atoms with Gasteiger partial charge in [-0.1, -0.05) is 6.58 Å². The number of thiophene rings is 1. The van der Waals surface area contributed by atoms with Gasteiger partial charge in [0.15, 0.2) is 0 Å². The number of fused-ring (bicyclic) bond motifs is 2. The van der Waals surface area contributed by atoms with Gasteiger partial charge < -0.3 is 19.7 Å². The molecule has 4 aromatic heterocycles. The second-order valence-electron chi connectivity index (χ2n) is 11.2. The number of amides is 1. The van der Waals surface area contributed by atoms with Crippen LogP contribution in [0.15, 0.2) is 60.9 Å². The third-order valence-corrected chi connectivity index (χ3v) is 9.43. The third-order valence-electron chi connectivity index (χ3n) is 8.50. The van der Waals surface area contributed by atoms with Crippen LogP contribution in [0.2, 0.25) is 0 Å². The van der Waals surface area contributed by atoms with Crippen LogP contribution in [0.25, 0.3) is 43.7 Å². The monoisotopic (exact) mass is 627 g/mol. The molecule has 10 nitrogen and oxygen atoms in total. The Labute approximate surface area is 264 Å². The third kappa shape index (κ3) is 5.48. The second-order valence-corrected chi connectivity index (χ2v) is 12.1. The largest absolute Gasteiger partial charge is 0.490 e. The molecule has 1 amide bonds. The van der Waals surface area contributed by atoms with Gasteiger partial charge in [-0.15, -0.1) is 11.3 Å². The number of methoxy groups -OCH3 is 1. The fraction of sp³-hybridized carbons (Fsp3) is 0.333. The number of benzene rings is 1. The topological polar surface area (TPSA) is 99.3 Å². The summed E-state index contributed by atoms with van der Waals surface area (Å²) in [5, 5.41) is 16.0. The summed E-state index contributed by atoms with van der Waals surface area (Å²) >= 11 is 1.61. The quantitative estimate of drug-likeness (QED) is 0.158. The van der Waals surface area contributed by atoms with Gasteiger partial charge in [-0.25, -0.2) is 14.1 Å². The summed E-state index contributed by atoms with van der Waals surface area (Å²) in [5.41, 5.74) is 4.93. The minimum atomic E-state index is -0.383. The lowest BCUT2D eigenvalue weighted by Gasteiger charge is -2.31. The van der Waals surface area contributed by atoms with Crippen LogP contribution < -0.4 is 10.1 Å². The van der Waals surface area contributed by atoms with Crippen molar-refractivity contribution >= 4 is 33.1 Å². The van der Waals surface area contributed by atoms with E-state index in [1.54, 1.807) is 24.5 Å². The lowest BCUT2D eigenvalue weighted by molar-refractivity contribution is -0.127. The van der Waals surface area contributed by atoms with Crippen LogP contribution in [0.1, 0.15) is 25.3 Å². The SMILES string of the molecule is C=CC(=O)N1CCC(n2cc(-c3nc(-c4cnn5c4NCCC5)c4ccsc4c3-c3ccc(F)cc3OCCOC)cn2)CC1. The highest BCUT2D eigenvalue weighted by molar-refractivity contribution is 7.18. The van der Waals surface area contributed by atoms with Crippen LogP contribution in [0, 0.1) is 5.82 Å². The van der Waals surface area contributed by atoms with Crippen molar-refractivity contribution in [2.24, 2.45) is 0 Å². The number of piperidine rings is 1. The number of halogens is 1. The molecule has 1 N–H and O–H groups in total. The summed E-state index contributed by atoms with van der Waals surface area (Å²) < 4.78 is 30.9. The number of hydrogen-bond donors (Lipinski definition) is 1. The standard InChI is InChI=1S/C33H34FN7O3S/c1-3-28(42)39-12-7-23(8-13-39)41-20-21(18-36-41)30-29(24-6-5-22(34)17-27(24)44-15-14-43-2)32-25(9-16-45-32)31(38-30)26-19-37-40-11-4-10-35-33(26)40/h3,5-6,9,16-20,23,35H,1,4,7-8,10-15H2,2H3. The molecule has 0 bridgehead atoms. The molecule has 0 unspecified atom stereocenters. The molecule has 1 saturated heterocycles. The van der Waals surface area contributed by atoms with E-state index in [-0.39, 0.29) is 24.4 Å². The van der Waals surface area contributed by atoms with Gasteiger partial charge in [0.05, 0.1) is 42.0 Å². The molecule has 0 spiro atoms. The van der Waals surface area contributed by atoms with Crippen LogP contribution in [0.5, 0.6) is 5.75 Å². The lowest BCUT2D eigenvalue weighted by Crippen LogP contribution is -2.38. The van der Waals surface area contributed by atoms with E-state index in [0.29, 0.717) is 25.4 Å². The van der Waals surface area contributed by atoms with E-state index in [1.807, 2.05) is 32.9 Å². The molecule has 12 heteroatoms. The zero-order chi connectivity index (χ0) is 30.9. The second kappa shape index (κ2) is 12.4. The van der Waals surface area contributed by atoms with E-state index in [0.717, 1.165) is 81.9 Å². The first kappa shape index (κ1) is 29.2. The number of nitrogens with one attached hydrogen (secondary N) is 1. The normalized spacial score (nSPS) is 15.2. The molecule has 0 atom stereocenters. The number of pyridine rings is 1. The van der Waals surface area contributed by atoms with Crippen molar-refractivity contribution in [3.05, 3.63) is 66.7 Å². The summed E-state index contributed by atoms with van der Waals surface area (Å²) in [6.07, 6.45) is 9.72. The number of aromatic nitrogens is 5. The minimum Gasteiger partial charge on any atom is -0.490 e.